The fourth-order valence-electron chi connectivity index (χ4n) is 1.68. The van der Waals surface area contributed by atoms with Gasteiger partial charge in [0.05, 0.1) is 15.7 Å². The van der Waals surface area contributed by atoms with E-state index in [1.165, 1.54) is 18.2 Å². The molecular weight excluding hydrogens is 321 g/mol. The van der Waals surface area contributed by atoms with Gasteiger partial charge in [0.15, 0.2) is 11.6 Å². The van der Waals surface area contributed by atoms with Crippen molar-refractivity contribution in [1.29, 1.82) is 0 Å². The molecule has 1 amide bonds. The Balaban J connectivity index is 2.10. The zero-order valence-electron chi connectivity index (χ0n) is 10.6. The molecule has 0 unspecified atom stereocenters. The number of amides is 1. The first-order valence-corrected chi connectivity index (χ1v) is 6.60. The summed E-state index contributed by atoms with van der Waals surface area (Å²) >= 11 is 11.6. The van der Waals surface area contributed by atoms with Crippen molar-refractivity contribution in [2.45, 2.75) is 6.54 Å². The van der Waals surface area contributed by atoms with Crippen molar-refractivity contribution < 1.29 is 13.6 Å². The fraction of sp³-hybridized carbons (Fsp3) is 0.0714. The predicted molar refractivity (Wildman–Crippen MR) is 78.4 cm³/mol. The summed E-state index contributed by atoms with van der Waals surface area (Å²) in [5, 5.41) is 2.89. The standard InChI is InChI=1S/C14H10Cl2F2N2O/c15-9-4-8(5-12(19)13(9)16)14(21)20-6-7-1-2-10(17)11(18)3-7/h1-5H,6,19H2,(H,20,21). The minimum atomic E-state index is -0.972. The number of nitrogens with two attached hydrogens (primary N) is 1. The molecule has 110 valence electrons. The van der Waals surface area contributed by atoms with Crippen molar-refractivity contribution in [3.8, 4) is 0 Å². The van der Waals surface area contributed by atoms with Gasteiger partial charge in [-0.05, 0) is 29.8 Å². The highest BCUT2D eigenvalue weighted by molar-refractivity contribution is 6.43. The number of nitrogen functional groups attached to an aromatic ring is 1. The lowest BCUT2D eigenvalue weighted by Crippen LogP contribution is -2.23. The molecule has 3 nitrogen and oxygen atoms in total. The van der Waals surface area contributed by atoms with E-state index in [1.807, 2.05) is 0 Å². The Morgan fingerprint density at radius 3 is 2.48 bits per heavy atom. The largest absolute Gasteiger partial charge is 0.397 e. The van der Waals surface area contributed by atoms with Crippen LogP contribution in [0.25, 0.3) is 0 Å². The summed E-state index contributed by atoms with van der Waals surface area (Å²) in [6.07, 6.45) is 0. The van der Waals surface area contributed by atoms with Crippen LogP contribution in [0.15, 0.2) is 30.3 Å². The number of carbonyl (C=O) groups excluding carboxylic acids is 1. The molecular formula is C14H10Cl2F2N2O. The Morgan fingerprint density at radius 1 is 1.14 bits per heavy atom. The molecule has 2 rings (SSSR count). The highest BCUT2D eigenvalue weighted by atomic mass is 35.5. The minimum absolute atomic E-state index is 0.0379. The van der Waals surface area contributed by atoms with Crippen molar-refractivity contribution in [2.75, 3.05) is 5.73 Å². The van der Waals surface area contributed by atoms with Crippen LogP contribution in [0.1, 0.15) is 15.9 Å². The molecule has 0 atom stereocenters. The first-order valence-electron chi connectivity index (χ1n) is 5.85. The molecule has 0 radical (unpaired) electrons. The lowest BCUT2D eigenvalue weighted by Gasteiger charge is -2.08. The van der Waals surface area contributed by atoms with Crippen molar-refractivity contribution >= 4 is 34.8 Å². The van der Waals surface area contributed by atoms with Gasteiger partial charge in [-0.15, -0.1) is 0 Å². The van der Waals surface area contributed by atoms with E-state index < -0.39 is 17.5 Å². The SMILES string of the molecule is Nc1cc(C(=O)NCc2ccc(F)c(F)c2)cc(Cl)c1Cl. The van der Waals surface area contributed by atoms with Crippen LogP contribution in [-0.2, 0) is 6.54 Å². The smallest absolute Gasteiger partial charge is 0.251 e. The molecule has 0 saturated carbocycles. The maximum atomic E-state index is 13.0. The van der Waals surface area contributed by atoms with Crippen molar-refractivity contribution in [2.24, 2.45) is 0 Å². The van der Waals surface area contributed by atoms with Gasteiger partial charge in [-0.3, -0.25) is 4.79 Å². The molecule has 0 fully saturated rings. The van der Waals surface area contributed by atoms with Gasteiger partial charge >= 0.3 is 0 Å². The topological polar surface area (TPSA) is 55.1 Å². The minimum Gasteiger partial charge on any atom is -0.397 e. The second-order valence-electron chi connectivity index (χ2n) is 4.29. The molecule has 7 heteroatoms. The average Bonchev–Trinajstić information content (AvgIpc) is 2.45. The summed E-state index contributed by atoms with van der Waals surface area (Å²) < 4.78 is 25.8. The third kappa shape index (κ3) is 3.62. The van der Waals surface area contributed by atoms with Gasteiger partial charge in [0.2, 0.25) is 0 Å². The Morgan fingerprint density at radius 2 is 1.86 bits per heavy atom. The number of carbonyl (C=O) groups is 1. The highest BCUT2D eigenvalue weighted by Crippen LogP contribution is 2.29. The number of halogens is 4. The van der Waals surface area contributed by atoms with Crippen LogP contribution in [0.4, 0.5) is 14.5 Å². The third-order valence-corrected chi connectivity index (χ3v) is 3.57. The Kier molecular flexibility index (Phi) is 4.65. The molecule has 0 aliphatic heterocycles. The second kappa shape index (κ2) is 6.28. The molecule has 0 spiro atoms. The molecule has 0 aliphatic carbocycles. The molecule has 3 N–H and O–H groups in total. The van der Waals surface area contributed by atoms with Crippen LogP contribution < -0.4 is 11.1 Å². The van der Waals surface area contributed by atoms with E-state index in [4.69, 9.17) is 28.9 Å². The summed E-state index contributed by atoms with van der Waals surface area (Å²) in [7, 11) is 0. The van der Waals surface area contributed by atoms with E-state index in [1.54, 1.807) is 0 Å². The first-order chi connectivity index (χ1) is 9.88. The van der Waals surface area contributed by atoms with E-state index in [0.717, 1.165) is 12.1 Å². The Labute approximate surface area is 129 Å². The monoisotopic (exact) mass is 330 g/mol. The number of hydrogen-bond acceptors (Lipinski definition) is 2. The Bertz CT molecular complexity index is 684. The first kappa shape index (κ1) is 15.5. The van der Waals surface area contributed by atoms with Gasteiger partial charge < -0.3 is 11.1 Å². The zero-order valence-corrected chi connectivity index (χ0v) is 12.1. The number of nitrogens with one attached hydrogen (secondary N) is 1. The van der Waals surface area contributed by atoms with Crippen LogP contribution in [0.2, 0.25) is 10.0 Å². The molecule has 0 bridgehead atoms. The molecule has 0 aromatic heterocycles. The van der Waals surface area contributed by atoms with Crippen molar-refractivity contribution in [3.05, 3.63) is 63.1 Å². The lowest BCUT2D eigenvalue weighted by molar-refractivity contribution is 0.0951. The number of anilines is 1. The molecule has 2 aromatic rings. The maximum Gasteiger partial charge on any atom is 0.251 e. The highest BCUT2D eigenvalue weighted by Gasteiger charge is 2.11. The third-order valence-electron chi connectivity index (χ3n) is 2.76. The van der Waals surface area contributed by atoms with Crippen LogP contribution in [0.3, 0.4) is 0 Å². The maximum absolute atomic E-state index is 13.0. The van der Waals surface area contributed by atoms with Crippen LogP contribution >= 0.6 is 23.2 Å². The molecule has 0 aliphatic rings. The van der Waals surface area contributed by atoms with Gasteiger partial charge in [0.25, 0.3) is 5.91 Å². The second-order valence-corrected chi connectivity index (χ2v) is 5.08. The molecule has 21 heavy (non-hydrogen) atoms. The average molecular weight is 331 g/mol. The summed E-state index contributed by atoms with van der Waals surface area (Å²) in [6, 6.07) is 6.14. The van der Waals surface area contributed by atoms with Gasteiger partial charge in [0.1, 0.15) is 0 Å². The van der Waals surface area contributed by atoms with E-state index in [-0.39, 0.29) is 27.8 Å². The zero-order chi connectivity index (χ0) is 15.6. The van der Waals surface area contributed by atoms with Crippen LogP contribution in [0.5, 0.6) is 0 Å². The summed E-state index contributed by atoms with van der Waals surface area (Å²) in [6.45, 7) is 0.0379. The van der Waals surface area contributed by atoms with Gasteiger partial charge in [-0.2, -0.15) is 0 Å². The quantitative estimate of drug-likeness (QED) is 0.841. The summed E-state index contributed by atoms with van der Waals surface area (Å²) in [4.78, 5) is 11.9. The van der Waals surface area contributed by atoms with E-state index in [9.17, 15) is 13.6 Å². The summed E-state index contributed by atoms with van der Waals surface area (Å²) in [5.41, 5.74) is 6.45. The summed E-state index contributed by atoms with van der Waals surface area (Å²) in [5.74, 6) is -2.37. The van der Waals surface area contributed by atoms with Gasteiger partial charge in [0, 0.05) is 12.1 Å². The van der Waals surface area contributed by atoms with Crippen molar-refractivity contribution in [3.63, 3.8) is 0 Å². The number of hydrogen-bond donors (Lipinski definition) is 2. The van der Waals surface area contributed by atoms with E-state index >= 15 is 0 Å². The Hall–Kier alpha value is -1.85. The number of benzene rings is 2. The lowest BCUT2D eigenvalue weighted by atomic mass is 10.1. The van der Waals surface area contributed by atoms with E-state index in [0.29, 0.717) is 5.56 Å². The predicted octanol–water partition coefficient (Wildman–Crippen LogP) is 3.78. The molecule has 0 heterocycles. The van der Waals surface area contributed by atoms with Crippen LogP contribution in [0, 0.1) is 11.6 Å². The van der Waals surface area contributed by atoms with Gasteiger partial charge in [-0.1, -0.05) is 29.3 Å². The van der Waals surface area contributed by atoms with E-state index in [2.05, 4.69) is 5.32 Å². The van der Waals surface area contributed by atoms with Gasteiger partial charge in [-0.25, -0.2) is 8.78 Å². The normalized spacial score (nSPS) is 10.5. The van der Waals surface area contributed by atoms with Crippen molar-refractivity contribution in [1.82, 2.24) is 5.32 Å². The molecule has 0 saturated heterocycles. The number of rotatable bonds is 3. The fourth-order valence-corrected chi connectivity index (χ4v) is 2.01. The molecule has 2 aromatic carbocycles. The van der Waals surface area contributed by atoms with Crippen LogP contribution in [-0.4, -0.2) is 5.91 Å².